The highest BCUT2D eigenvalue weighted by Crippen LogP contribution is 2.28. The van der Waals surface area contributed by atoms with Gasteiger partial charge in [-0.25, -0.2) is 19.6 Å². The Hall–Kier alpha value is -0.700. The summed E-state index contributed by atoms with van der Waals surface area (Å²) in [5.41, 5.74) is 2.51. The van der Waals surface area contributed by atoms with Gasteiger partial charge in [0.2, 0.25) is 0 Å². The second-order valence-corrected chi connectivity index (χ2v) is 46.1. The molecule has 2 aromatic heterocycles. The first-order chi connectivity index (χ1) is 36.9. The van der Waals surface area contributed by atoms with E-state index in [9.17, 15) is 9.59 Å². The van der Waals surface area contributed by atoms with Gasteiger partial charge in [0.25, 0.3) is 0 Å². The Bertz CT molecular complexity index is 3290. The summed E-state index contributed by atoms with van der Waals surface area (Å²) in [4.78, 5) is 37.1. The van der Waals surface area contributed by atoms with Crippen molar-refractivity contribution in [1.29, 1.82) is 5.26 Å². The topological polar surface area (TPSA) is 161 Å². The number of amides is 2. The van der Waals surface area contributed by atoms with E-state index in [1.807, 2.05) is 55.4 Å². The number of hydrogen-bond acceptors (Lipinski definition) is 14. The average molecular weight is 1460 g/mol. The maximum absolute atomic E-state index is 13.0. The number of aliphatic hydroxyl groups excluding tert-OH is 2. The van der Waals surface area contributed by atoms with Gasteiger partial charge in [-0.15, -0.1) is 0 Å². The number of nitrogens with one attached hydrogen (secondary N) is 1. The lowest BCUT2D eigenvalue weighted by atomic mass is 10.1. The zero-order valence-electron chi connectivity index (χ0n) is 42.4. The molecule has 3 N–H and O–H groups in total. The molecule has 3 aromatic rings. The molecule has 0 bridgehead atoms. The Labute approximate surface area is 526 Å². The molecule has 0 aliphatic heterocycles. The molecule has 0 saturated heterocycles. The number of pyridine rings is 2. The maximum atomic E-state index is 13.0. The van der Waals surface area contributed by atoms with E-state index < -0.39 is 23.4 Å². The third-order valence-electron chi connectivity index (χ3n) is 7.50. The SMILES string of the molecule is CCCN(C(=O)OC(C)(C)C)c1cc(Cl)ncc1C#CCCCO.CCCN(C(=O)OC(C)(C)C)c1cc(Nc2ccc(C#N)cc2)ncc1C#CCCCO.S=S=S=S=S=S=S=S=S=S.S=S=S=S=S=S=S=S=S=S=S. The number of aromatic nitrogens is 2. The van der Waals surface area contributed by atoms with Gasteiger partial charge in [0.1, 0.15) is 22.2 Å². The molecule has 2 heterocycles. The van der Waals surface area contributed by atoms with E-state index in [2.05, 4.69) is 89.8 Å². The molecule has 0 unspecified atom stereocenters. The number of unbranched alkanes of at least 4 members (excludes halogenated alkanes) is 2. The van der Waals surface area contributed by atoms with Gasteiger partial charge < -0.3 is 25.0 Å². The third kappa shape index (κ3) is 40.2. The summed E-state index contributed by atoms with van der Waals surface area (Å²) >= 11 is 24.7. The highest BCUT2D eigenvalue weighted by Gasteiger charge is 2.26. The summed E-state index contributed by atoms with van der Waals surface area (Å²) in [6, 6.07) is 12.5. The molecule has 0 aliphatic rings. The molecule has 1 aromatic carbocycles. The maximum Gasteiger partial charge on any atom is 0.414 e. The first-order valence-electron chi connectivity index (χ1n) is 21.9. The predicted octanol–water partition coefficient (Wildman–Crippen LogP) is 8.93. The van der Waals surface area contributed by atoms with Gasteiger partial charge in [0, 0.05) is 265 Å². The Morgan fingerprint density at radius 2 is 1.01 bits per heavy atom. The molecule has 0 aliphatic carbocycles. The largest absolute Gasteiger partial charge is 0.443 e. The Morgan fingerprint density at radius 1 is 0.636 bits per heavy atom. The van der Waals surface area contributed by atoms with E-state index in [0.717, 1.165) is 18.5 Å². The van der Waals surface area contributed by atoms with Crippen LogP contribution in [0.4, 0.5) is 32.5 Å². The van der Waals surface area contributed by atoms with Crippen LogP contribution in [0, 0.1) is 35.0 Å². The van der Waals surface area contributed by atoms with Gasteiger partial charge in [-0.05, 0) is 91.5 Å². The summed E-state index contributed by atoms with van der Waals surface area (Å²) in [6.45, 7) is 16.0. The van der Waals surface area contributed by atoms with E-state index in [1.165, 1.54) is 40.4 Å². The molecule has 0 saturated carbocycles. The number of benzene rings is 1. The van der Waals surface area contributed by atoms with Crippen molar-refractivity contribution >= 4 is 242 Å². The molecule has 0 atom stereocenters. The fourth-order valence-electron chi connectivity index (χ4n) is 4.85. The average Bonchev–Trinajstić information content (AvgIpc) is 3.39. The first kappa shape index (κ1) is 76.3. The standard InChI is InChI=1S/C25H30N4O3.C18H25ClN2O3.S11.S10/c1-5-14-29(24(31)32-25(2,3)4)22-16-23(27-18-20(22)9-7-6-8-15-30)28-21-12-10-19(17-26)11-13-21;1-5-10-21(17(23)24-18(2,3)4)15-12-16(19)20-13-14(15)9-7-6-8-11-22;1-3-5-7-9-11-10-8-6-4-2;1-3-5-7-9-10-8-6-4-2/h10-13,16,18,30H,5-6,8,14-15H2,1-4H3,(H,27,28);12-13,22H,5-6,8,10-11H2,1-4H3;;. The molecule has 426 valence electrons. The molecule has 0 fully saturated rings. The lowest BCUT2D eigenvalue weighted by molar-refractivity contribution is 0.0569. The van der Waals surface area contributed by atoms with E-state index in [4.69, 9.17) is 36.5 Å². The van der Waals surface area contributed by atoms with Crippen molar-refractivity contribution in [1.82, 2.24) is 9.97 Å². The number of halogens is 1. The van der Waals surface area contributed by atoms with Crippen LogP contribution >= 0.6 is 11.6 Å². The molecular weight excluding hydrogens is 1410 g/mol. The minimum atomic E-state index is -0.632. The number of aliphatic hydroxyl groups is 2. The quantitative estimate of drug-likeness (QED) is 0.0896. The number of anilines is 4. The Kier molecular flexibility index (Phi) is 48.4. The van der Waals surface area contributed by atoms with Crippen LogP contribution in [0.5, 0.6) is 0 Å². The normalized spacial score (nSPS) is 9.58. The molecule has 12 nitrogen and oxygen atoms in total. The number of carbonyl (C=O) groups excluding carboxylic acids is 2. The number of nitrogens with zero attached hydrogens (tertiary/aromatic N) is 5. The van der Waals surface area contributed by atoms with Crippen LogP contribution in [0.1, 0.15) is 111 Å². The zero-order chi connectivity index (χ0) is 57.7. The van der Waals surface area contributed by atoms with Crippen LogP contribution in [-0.4, -0.2) is 69.9 Å². The fourth-order valence-corrected chi connectivity index (χ4v) is 40.7. The van der Waals surface area contributed by atoms with E-state index in [1.54, 1.807) is 169 Å². The van der Waals surface area contributed by atoms with Crippen molar-refractivity contribution < 1.29 is 29.3 Å². The number of nitriles is 1. The van der Waals surface area contributed by atoms with Gasteiger partial charge >= 0.3 is 12.2 Å². The predicted molar refractivity (Wildman–Crippen MR) is 377 cm³/mol. The number of hydrogen-bond donors (Lipinski definition) is 3. The summed E-state index contributed by atoms with van der Waals surface area (Å²) in [6.07, 6.45) is 6.08. The van der Waals surface area contributed by atoms with E-state index in [-0.39, 0.29) is 18.4 Å². The van der Waals surface area contributed by atoms with Crippen LogP contribution < -0.4 is 15.1 Å². The molecule has 77 heavy (non-hydrogen) atoms. The van der Waals surface area contributed by atoms with Crippen molar-refractivity contribution in [3.63, 3.8) is 0 Å². The van der Waals surface area contributed by atoms with Crippen molar-refractivity contribution in [2.45, 2.75) is 105 Å². The molecular formula is C43H55ClN6O6S21. The molecule has 0 radical (unpaired) electrons. The Balaban J connectivity index is 0.00000112. The number of rotatable bonds is 12. The minimum Gasteiger partial charge on any atom is -0.443 e. The molecule has 34 heteroatoms. The summed E-state index contributed by atoms with van der Waals surface area (Å²) in [5, 5.41) is 30.3. The van der Waals surface area contributed by atoms with Crippen LogP contribution in [0.25, 0.3) is 0 Å². The van der Waals surface area contributed by atoms with Gasteiger partial charge in [0.15, 0.2) is 0 Å². The molecule has 0 spiro atoms. The van der Waals surface area contributed by atoms with Gasteiger partial charge in [-0.3, -0.25) is 9.80 Å². The minimum absolute atomic E-state index is 0.0765. The van der Waals surface area contributed by atoms with E-state index >= 15 is 0 Å². The lowest BCUT2D eigenvalue weighted by Gasteiger charge is -2.28. The number of carbonyl (C=O) groups is 2. The monoisotopic (exact) mass is 1460 g/mol. The smallest absolute Gasteiger partial charge is 0.414 e. The van der Waals surface area contributed by atoms with Crippen LogP contribution in [0.15, 0.2) is 48.8 Å². The summed E-state index contributed by atoms with van der Waals surface area (Å²) < 4.78 is 11.1. The van der Waals surface area contributed by atoms with Gasteiger partial charge in [-0.2, -0.15) is 5.26 Å². The van der Waals surface area contributed by atoms with Crippen LogP contribution in [0.2, 0.25) is 5.15 Å². The highest BCUT2D eigenvalue weighted by atomic mass is 35.5. The van der Waals surface area contributed by atoms with Gasteiger partial charge in [0.05, 0.1) is 34.1 Å². The van der Waals surface area contributed by atoms with Crippen molar-refractivity contribution in [3.8, 4) is 29.8 Å². The van der Waals surface area contributed by atoms with Crippen LogP contribution in [-0.2, 0) is 205 Å². The summed E-state index contributed by atoms with van der Waals surface area (Å²) in [5.74, 6) is 12.6. The first-order valence-corrected chi connectivity index (χ1v) is 47.6. The molecule has 2 amide bonds. The highest BCUT2D eigenvalue weighted by molar-refractivity contribution is 8.74. The number of ether oxygens (including phenoxy) is 2. The zero-order valence-corrected chi connectivity index (χ0v) is 60.3. The van der Waals surface area contributed by atoms with E-state index in [0.29, 0.717) is 72.7 Å². The van der Waals surface area contributed by atoms with Crippen molar-refractivity contribution in [2.24, 2.45) is 0 Å². The van der Waals surface area contributed by atoms with Crippen LogP contribution in [0.3, 0.4) is 0 Å². The Morgan fingerprint density at radius 3 is 1.36 bits per heavy atom. The third-order valence-corrected chi connectivity index (χ3v) is 41.0. The second-order valence-electron chi connectivity index (χ2n) is 15.6. The van der Waals surface area contributed by atoms with Gasteiger partial charge in [-0.1, -0.05) is 49.1 Å². The second kappa shape index (κ2) is 48.8. The molecule has 3 rings (SSSR count). The summed E-state index contributed by atoms with van der Waals surface area (Å²) in [7, 11) is 27.2. The lowest BCUT2D eigenvalue weighted by Crippen LogP contribution is -2.37. The fraction of sp³-hybridized carbons (Fsp3) is 0.465. The van der Waals surface area contributed by atoms with Crippen molar-refractivity contribution in [3.05, 3.63) is 70.6 Å². The van der Waals surface area contributed by atoms with Crippen molar-refractivity contribution in [2.75, 3.05) is 41.4 Å².